The monoisotopic (exact) mass is 444 g/mol. The zero-order valence-corrected chi connectivity index (χ0v) is 17.8. The van der Waals surface area contributed by atoms with Gasteiger partial charge in [0.15, 0.2) is 5.69 Å². The summed E-state index contributed by atoms with van der Waals surface area (Å²) in [6, 6.07) is 18.7. The molecule has 10 heteroatoms. The van der Waals surface area contributed by atoms with E-state index in [1.165, 1.54) is 12.6 Å². The molecule has 4 aromatic rings. The highest BCUT2D eigenvalue weighted by molar-refractivity contribution is 5.90. The van der Waals surface area contributed by atoms with Gasteiger partial charge in [-0.2, -0.15) is 14.8 Å². The number of carbonyl (C=O) groups excluding carboxylic acids is 1. The third-order valence-corrected chi connectivity index (χ3v) is 5.74. The van der Waals surface area contributed by atoms with E-state index in [4.69, 9.17) is 4.52 Å². The van der Waals surface area contributed by atoms with E-state index >= 15 is 0 Å². The fourth-order valence-corrected chi connectivity index (χ4v) is 3.93. The Labute approximate surface area is 187 Å². The van der Waals surface area contributed by atoms with Crippen LogP contribution in [0.15, 0.2) is 74.8 Å². The van der Waals surface area contributed by atoms with Gasteiger partial charge in [0.1, 0.15) is 0 Å². The highest BCUT2D eigenvalue weighted by Crippen LogP contribution is 2.28. The highest BCUT2D eigenvalue weighted by atomic mass is 16.5. The van der Waals surface area contributed by atoms with E-state index in [-0.39, 0.29) is 23.3 Å². The number of nitrogens with zero attached hydrogens (tertiary/aromatic N) is 6. The van der Waals surface area contributed by atoms with Crippen molar-refractivity contribution in [3.05, 3.63) is 93.0 Å². The molecular formula is C23H20N6O4. The smallest absolute Gasteiger partial charge is 0.334 e. The molecule has 1 aliphatic heterocycles. The van der Waals surface area contributed by atoms with Gasteiger partial charge < -0.3 is 9.42 Å². The second kappa shape index (κ2) is 8.30. The maximum Gasteiger partial charge on any atom is 0.351 e. The summed E-state index contributed by atoms with van der Waals surface area (Å²) in [6.07, 6.45) is 0.834. The Balaban J connectivity index is 1.43. The lowest BCUT2D eigenvalue weighted by Gasteiger charge is -2.14. The van der Waals surface area contributed by atoms with Crippen molar-refractivity contribution >= 4 is 5.91 Å². The summed E-state index contributed by atoms with van der Waals surface area (Å²) in [5, 5.41) is 7.95. The maximum atomic E-state index is 12.9. The van der Waals surface area contributed by atoms with E-state index in [0.29, 0.717) is 18.8 Å². The van der Waals surface area contributed by atoms with Crippen molar-refractivity contribution in [2.45, 2.75) is 12.3 Å². The summed E-state index contributed by atoms with van der Waals surface area (Å²) in [7, 11) is 1.34. The second-order valence-corrected chi connectivity index (χ2v) is 7.81. The van der Waals surface area contributed by atoms with Crippen molar-refractivity contribution < 1.29 is 9.32 Å². The van der Waals surface area contributed by atoms with E-state index in [1.54, 1.807) is 35.2 Å². The van der Waals surface area contributed by atoms with Crippen molar-refractivity contribution in [2.24, 2.45) is 7.05 Å². The molecule has 3 heterocycles. The normalized spacial score (nSPS) is 15.7. The topological polar surface area (TPSA) is 116 Å². The Morgan fingerprint density at radius 3 is 2.45 bits per heavy atom. The second-order valence-electron chi connectivity index (χ2n) is 7.81. The third kappa shape index (κ3) is 3.75. The molecule has 33 heavy (non-hydrogen) atoms. The van der Waals surface area contributed by atoms with Crippen LogP contribution in [0, 0.1) is 0 Å². The van der Waals surface area contributed by atoms with Gasteiger partial charge in [0, 0.05) is 26.1 Å². The van der Waals surface area contributed by atoms with Crippen LogP contribution in [0.2, 0.25) is 0 Å². The zero-order valence-electron chi connectivity index (χ0n) is 17.8. The SMILES string of the molecule is Cn1c(=O)c(-c2noc(C(=O)N3CC[C@@H](c4ccccc4)C3)n2)nn(-c2ccccc2)c1=O. The minimum absolute atomic E-state index is 0.151. The Hall–Kier alpha value is -4.34. The first-order valence-corrected chi connectivity index (χ1v) is 10.5. The first-order chi connectivity index (χ1) is 16.0. The van der Waals surface area contributed by atoms with Crippen LogP contribution in [0.5, 0.6) is 0 Å². The van der Waals surface area contributed by atoms with Gasteiger partial charge in [-0.05, 0) is 24.1 Å². The van der Waals surface area contributed by atoms with Crippen LogP contribution >= 0.6 is 0 Å². The first kappa shape index (κ1) is 20.6. The molecule has 0 unspecified atom stereocenters. The van der Waals surface area contributed by atoms with Crippen LogP contribution in [-0.2, 0) is 7.05 Å². The van der Waals surface area contributed by atoms with Crippen LogP contribution in [0.25, 0.3) is 17.2 Å². The number of amides is 1. The minimum atomic E-state index is -0.683. The number of hydrogen-bond acceptors (Lipinski definition) is 7. The molecule has 0 bridgehead atoms. The summed E-state index contributed by atoms with van der Waals surface area (Å²) in [5.41, 5.74) is 0.168. The molecule has 0 radical (unpaired) electrons. The van der Waals surface area contributed by atoms with Crippen molar-refractivity contribution in [3.8, 4) is 17.2 Å². The van der Waals surface area contributed by atoms with Crippen molar-refractivity contribution in [1.82, 2.24) is 29.4 Å². The van der Waals surface area contributed by atoms with Crippen LogP contribution < -0.4 is 11.2 Å². The van der Waals surface area contributed by atoms with Gasteiger partial charge in [0.2, 0.25) is 5.82 Å². The molecule has 0 spiro atoms. The molecule has 1 atom stereocenters. The molecule has 2 aromatic carbocycles. The van der Waals surface area contributed by atoms with Gasteiger partial charge in [-0.1, -0.05) is 53.7 Å². The van der Waals surface area contributed by atoms with Crippen molar-refractivity contribution in [2.75, 3.05) is 13.1 Å². The Bertz CT molecular complexity index is 1420. The van der Waals surface area contributed by atoms with Gasteiger partial charge in [-0.15, -0.1) is 0 Å². The lowest BCUT2D eigenvalue weighted by Crippen LogP contribution is -2.40. The van der Waals surface area contributed by atoms with Gasteiger partial charge in [-0.25, -0.2) is 4.79 Å². The van der Waals surface area contributed by atoms with E-state index in [2.05, 4.69) is 15.2 Å². The molecule has 2 aromatic heterocycles. The molecule has 0 saturated carbocycles. The summed E-state index contributed by atoms with van der Waals surface area (Å²) >= 11 is 0. The van der Waals surface area contributed by atoms with E-state index < -0.39 is 17.2 Å². The highest BCUT2D eigenvalue weighted by Gasteiger charge is 2.31. The molecule has 1 saturated heterocycles. The summed E-state index contributed by atoms with van der Waals surface area (Å²) < 4.78 is 7.17. The number of aromatic nitrogens is 5. The molecular weight excluding hydrogens is 424 g/mol. The zero-order chi connectivity index (χ0) is 22.9. The number of rotatable bonds is 4. The maximum absolute atomic E-state index is 12.9. The van der Waals surface area contributed by atoms with E-state index in [0.717, 1.165) is 15.7 Å². The fourth-order valence-electron chi connectivity index (χ4n) is 3.93. The van der Waals surface area contributed by atoms with E-state index in [1.807, 2.05) is 30.3 Å². The van der Waals surface area contributed by atoms with E-state index in [9.17, 15) is 14.4 Å². The van der Waals surface area contributed by atoms with Gasteiger partial charge >= 0.3 is 17.5 Å². The Morgan fingerprint density at radius 2 is 1.73 bits per heavy atom. The number of benzene rings is 2. The van der Waals surface area contributed by atoms with Crippen LogP contribution in [0.3, 0.4) is 0 Å². The lowest BCUT2D eigenvalue weighted by molar-refractivity contribution is 0.0741. The van der Waals surface area contributed by atoms with Crippen LogP contribution in [-0.4, -0.2) is 48.4 Å². The molecule has 10 nitrogen and oxygen atoms in total. The first-order valence-electron chi connectivity index (χ1n) is 10.5. The number of likely N-dealkylation sites (tertiary alicyclic amines) is 1. The Kier molecular flexibility index (Phi) is 5.17. The largest absolute Gasteiger partial charge is 0.351 e. The summed E-state index contributed by atoms with van der Waals surface area (Å²) in [5.74, 6) is -0.538. The average molecular weight is 444 g/mol. The molecule has 0 aliphatic carbocycles. The summed E-state index contributed by atoms with van der Waals surface area (Å²) in [6.45, 7) is 1.11. The number of hydrogen-bond donors (Lipinski definition) is 0. The lowest BCUT2D eigenvalue weighted by atomic mass is 9.99. The molecule has 1 amide bonds. The molecule has 1 fully saturated rings. The van der Waals surface area contributed by atoms with Crippen molar-refractivity contribution in [1.29, 1.82) is 0 Å². The van der Waals surface area contributed by atoms with Crippen LogP contribution in [0.4, 0.5) is 0 Å². The fraction of sp³-hybridized carbons (Fsp3) is 0.217. The van der Waals surface area contributed by atoms with Crippen LogP contribution in [0.1, 0.15) is 28.6 Å². The van der Waals surface area contributed by atoms with Gasteiger partial charge in [-0.3, -0.25) is 14.2 Å². The third-order valence-electron chi connectivity index (χ3n) is 5.74. The standard InChI is InChI=1S/C23H20N6O4/c1-27-21(30)18(25-29(23(27)32)17-10-6-3-7-11-17)19-24-20(33-26-19)22(31)28-13-12-16(14-28)15-8-4-2-5-9-15/h2-11,16H,12-14H2,1H3/t16-/m1/s1. The Morgan fingerprint density at radius 1 is 1.03 bits per heavy atom. The number of para-hydroxylation sites is 1. The minimum Gasteiger partial charge on any atom is -0.334 e. The molecule has 166 valence electrons. The molecule has 1 aliphatic rings. The van der Waals surface area contributed by atoms with Gasteiger partial charge in [0.05, 0.1) is 5.69 Å². The molecule has 5 rings (SSSR count). The van der Waals surface area contributed by atoms with Crippen molar-refractivity contribution in [3.63, 3.8) is 0 Å². The quantitative estimate of drug-likeness (QED) is 0.469. The predicted octanol–water partition coefficient (Wildman–Crippen LogP) is 1.61. The average Bonchev–Trinajstić information content (AvgIpc) is 3.54. The molecule has 0 N–H and O–H groups in total. The predicted molar refractivity (Wildman–Crippen MR) is 118 cm³/mol. The van der Waals surface area contributed by atoms with Gasteiger partial charge in [0.25, 0.3) is 5.56 Å². The number of carbonyl (C=O) groups is 1. The summed E-state index contributed by atoms with van der Waals surface area (Å²) in [4.78, 5) is 43.9.